The van der Waals surface area contributed by atoms with Crippen LogP contribution in [0, 0.1) is 18.3 Å². The second kappa shape index (κ2) is 9.02. The minimum atomic E-state index is 0.00561. The van der Waals surface area contributed by atoms with E-state index in [4.69, 9.17) is 0 Å². The Balaban J connectivity index is 1.74. The summed E-state index contributed by atoms with van der Waals surface area (Å²) in [6.45, 7) is 1.89. The highest BCUT2D eigenvalue weighted by atomic mass is 32.2. The average molecular weight is 373 g/mol. The van der Waals surface area contributed by atoms with E-state index in [2.05, 4.69) is 11.1 Å². The first-order valence-electron chi connectivity index (χ1n) is 8.62. The van der Waals surface area contributed by atoms with Crippen LogP contribution in [0.25, 0.3) is 0 Å². The van der Waals surface area contributed by atoms with Crippen molar-refractivity contribution in [2.24, 2.45) is 0 Å². The Morgan fingerprint density at radius 3 is 2.15 bits per heavy atom. The molecule has 0 saturated carbocycles. The standard InChI is InChI=1S/C22H19N3OS/c1-17-12-13-18(16-23)22(24-17)27-15-14-21(26)25(19-8-4-2-5-9-19)20-10-6-3-7-11-20/h2-13H,14-15H2,1H3. The third-order valence-electron chi connectivity index (χ3n) is 3.95. The topological polar surface area (TPSA) is 57.0 Å². The lowest BCUT2D eigenvalue weighted by atomic mass is 10.2. The quantitative estimate of drug-likeness (QED) is 0.564. The molecule has 27 heavy (non-hydrogen) atoms. The Hall–Kier alpha value is -3.10. The molecule has 0 aliphatic carbocycles. The SMILES string of the molecule is Cc1ccc(C#N)c(SCCC(=O)N(c2ccccc2)c2ccccc2)n1. The predicted molar refractivity (Wildman–Crippen MR) is 109 cm³/mol. The molecule has 0 bridgehead atoms. The molecular weight excluding hydrogens is 354 g/mol. The number of aromatic nitrogens is 1. The maximum Gasteiger partial charge on any atom is 0.232 e. The molecule has 3 rings (SSSR count). The molecule has 5 heteroatoms. The van der Waals surface area contributed by atoms with Crippen LogP contribution in [0.5, 0.6) is 0 Å². The van der Waals surface area contributed by atoms with Crippen molar-refractivity contribution in [3.63, 3.8) is 0 Å². The number of carbonyl (C=O) groups excluding carboxylic acids is 1. The molecule has 0 aliphatic heterocycles. The lowest BCUT2D eigenvalue weighted by Crippen LogP contribution is -2.26. The zero-order valence-electron chi connectivity index (χ0n) is 15.0. The lowest BCUT2D eigenvalue weighted by Gasteiger charge is -2.23. The zero-order chi connectivity index (χ0) is 19.1. The maximum absolute atomic E-state index is 13.0. The first-order chi connectivity index (χ1) is 13.2. The van der Waals surface area contributed by atoms with Gasteiger partial charge in [-0.1, -0.05) is 36.4 Å². The number of nitrogens with zero attached hydrogens (tertiary/aromatic N) is 3. The average Bonchev–Trinajstić information content (AvgIpc) is 2.70. The second-order valence-electron chi connectivity index (χ2n) is 5.92. The highest BCUT2D eigenvalue weighted by molar-refractivity contribution is 7.99. The van der Waals surface area contributed by atoms with E-state index < -0.39 is 0 Å². The van der Waals surface area contributed by atoms with E-state index in [-0.39, 0.29) is 5.91 Å². The summed E-state index contributed by atoms with van der Waals surface area (Å²) in [5.41, 5.74) is 3.08. The smallest absolute Gasteiger partial charge is 0.232 e. The van der Waals surface area contributed by atoms with E-state index >= 15 is 0 Å². The van der Waals surface area contributed by atoms with Crippen molar-refractivity contribution >= 4 is 29.0 Å². The number of hydrogen-bond acceptors (Lipinski definition) is 4. The van der Waals surface area contributed by atoms with Crippen molar-refractivity contribution in [3.8, 4) is 6.07 Å². The van der Waals surface area contributed by atoms with Crippen LogP contribution in [0.4, 0.5) is 11.4 Å². The number of para-hydroxylation sites is 2. The van der Waals surface area contributed by atoms with Gasteiger partial charge in [0.15, 0.2) is 0 Å². The number of anilines is 2. The van der Waals surface area contributed by atoms with Gasteiger partial charge in [0.1, 0.15) is 11.1 Å². The summed E-state index contributed by atoms with van der Waals surface area (Å²) in [5, 5.41) is 9.90. The number of aryl methyl sites for hydroxylation is 1. The monoisotopic (exact) mass is 373 g/mol. The molecule has 134 valence electrons. The van der Waals surface area contributed by atoms with E-state index in [1.807, 2.05) is 73.7 Å². The van der Waals surface area contributed by atoms with E-state index in [1.54, 1.807) is 11.0 Å². The summed E-state index contributed by atoms with van der Waals surface area (Å²) in [7, 11) is 0. The summed E-state index contributed by atoms with van der Waals surface area (Å²) >= 11 is 1.44. The van der Waals surface area contributed by atoms with Crippen LogP contribution in [-0.2, 0) is 4.79 Å². The van der Waals surface area contributed by atoms with Gasteiger partial charge >= 0.3 is 0 Å². The van der Waals surface area contributed by atoms with Gasteiger partial charge in [-0.25, -0.2) is 4.98 Å². The van der Waals surface area contributed by atoms with Gasteiger partial charge in [0.2, 0.25) is 5.91 Å². The number of benzene rings is 2. The normalized spacial score (nSPS) is 10.2. The molecule has 0 atom stereocenters. The van der Waals surface area contributed by atoms with Gasteiger partial charge in [-0.15, -0.1) is 11.8 Å². The summed E-state index contributed by atoms with van der Waals surface area (Å²) < 4.78 is 0. The Bertz CT molecular complexity index is 913. The Labute approximate surface area is 163 Å². The van der Waals surface area contributed by atoms with Crippen LogP contribution >= 0.6 is 11.8 Å². The van der Waals surface area contributed by atoms with E-state index in [0.29, 0.717) is 22.8 Å². The molecule has 0 saturated heterocycles. The number of amides is 1. The number of pyridine rings is 1. The molecule has 3 aromatic rings. The number of carbonyl (C=O) groups is 1. The third kappa shape index (κ3) is 4.75. The van der Waals surface area contributed by atoms with Crippen LogP contribution in [0.1, 0.15) is 17.7 Å². The first kappa shape index (κ1) is 18.7. The fourth-order valence-corrected chi connectivity index (χ4v) is 3.61. The first-order valence-corrected chi connectivity index (χ1v) is 9.61. The molecule has 0 aliphatic rings. The maximum atomic E-state index is 13.0. The largest absolute Gasteiger partial charge is 0.281 e. The minimum Gasteiger partial charge on any atom is -0.281 e. The Kier molecular flexibility index (Phi) is 6.24. The Morgan fingerprint density at radius 1 is 1.00 bits per heavy atom. The second-order valence-corrected chi connectivity index (χ2v) is 7.00. The van der Waals surface area contributed by atoms with E-state index in [0.717, 1.165) is 17.1 Å². The summed E-state index contributed by atoms with van der Waals surface area (Å²) in [6.07, 6.45) is 0.342. The number of thioether (sulfide) groups is 1. The highest BCUT2D eigenvalue weighted by Gasteiger charge is 2.18. The summed E-state index contributed by atoms with van der Waals surface area (Å²) in [6, 6.07) is 25.0. The van der Waals surface area contributed by atoms with Crippen LogP contribution in [-0.4, -0.2) is 16.6 Å². The number of hydrogen-bond donors (Lipinski definition) is 0. The van der Waals surface area contributed by atoms with Crippen LogP contribution < -0.4 is 4.90 Å². The van der Waals surface area contributed by atoms with Crippen molar-refractivity contribution in [3.05, 3.63) is 84.1 Å². The van der Waals surface area contributed by atoms with Crippen molar-refractivity contribution < 1.29 is 4.79 Å². The molecule has 0 spiro atoms. The molecule has 2 aromatic carbocycles. The lowest BCUT2D eigenvalue weighted by molar-refractivity contribution is -0.117. The fourth-order valence-electron chi connectivity index (χ4n) is 2.67. The molecule has 0 N–H and O–H groups in total. The molecule has 0 unspecified atom stereocenters. The number of nitriles is 1. The van der Waals surface area contributed by atoms with Gasteiger partial charge in [-0.2, -0.15) is 5.26 Å². The number of rotatable bonds is 6. The van der Waals surface area contributed by atoms with Crippen molar-refractivity contribution in [2.75, 3.05) is 10.7 Å². The van der Waals surface area contributed by atoms with Gasteiger partial charge in [0.25, 0.3) is 0 Å². The van der Waals surface area contributed by atoms with E-state index in [9.17, 15) is 10.1 Å². The molecule has 1 aromatic heterocycles. The highest BCUT2D eigenvalue weighted by Crippen LogP contribution is 2.27. The third-order valence-corrected chi connectivity index (χ3v) is 4.95. The molecule has 1 heterocycles. The molecule has 1 amide bonds. The molecule has 0 fully saturated rings. The van der Waals surface area contributed by atoms with Crippen molar-refractivity contribution in [2.45, 2.75) is 18.4 Å². The van der Waals surface area contributed by atoms with Crippen LogP contribution in [0.2, 0.25) is 0 Å². The zero-order valence-corrected chi connectivity index (χ0v) is 15.8. The summed E-state index contributed by atoms with van der Waals surface area (Å²) in [5.74, 6) is 0.561. The van der Waals surface area contributed by atoms with Crippen LogP contribution in [0.3, 0.4) is 0 Å². The van der Waals surface area contributed by atoms with Gasteiger partial charge in [0, 0.05) is 29.2 Å². The van der Waals surface area contributed by atoms with Crippen molar-refractivity contribution in [1.29, 1.82) is 5.26 Å². The van der Waals surface area contributed by atoms with Gasteiger partial charge < -0.3 is 0 Å². The summed E-state index contributed by atoms with van der Waals surface area (Å²) in [4.78, 5) is 19.1. The fraction of sp³-hybridized carbons (Fsp3) is 0.136. The van der Waals surface area contributed by atoms with Crippen LogP contribution in [0.15, 0.2) is 77.8 Å². The Morgan fingerprint density at radius 2 is 1.59 bits per heavy atom. The predicted octanol–water partition coefficient (Wildman–Crippen LogP) is 5.11. The molecule has 0 radical (unpaired) electrons. The van der Waals surface area contributed by atoms with E-state index in [1.165, 1.54) is 11.8 Å². The van der Waals surface area contributed by atoms with Gasteiger partial charge in [-0.3, -0.25) is 9.69 Å². The molecular formula is C22H19N3OS. The minimum absolute atomic E-state index is 0.00561. The van der Waals surface area contributed by atoms with Gasteiger partial charge in [0.05, 0.1) is 5.56 Å². The van der Waals surface area contributed by atoms with Crippen molar-refractivity contribution in [1.82, 2.24) is 4.98 Å². The van der Waals surface area contributed by atoms with Gasteiger partial charge in [-0.05, 0) is 43.3 Å². The molecule has 4 nitrogen and oxygen atoms in total.